The van der Waals surface area contributed by atoms with Gasteiger partial charge in [0, 0.05) is 12.6 Å². The smallest absolute Gasteiger partial charge is 0.295 e. The van der Waals surface area contributed by atoms with E-state index in [1.54, 1.807) is 36.4 Å². The quantitative estimate of drug-likeness (QED) is 0.200. The molecular formula is C30H29ClFNO6. The lowest BCUT2D eigenvalue weighted by atomic mass is 9.94. The minimum Gasteiger partial charge on any atom is -0.507 e. The van der Waals surface area contributed by atoms with Crippen molar-refractivity contribution in [1.29, 1.82) is 0 Å². The van der Waals surface area contributed by atoms with Crippen LogP contribution in [0.5, 0.6) is 17.2 Å². The number of halogens is 2. The summed E-state index contributed by atoms with van der Waals surface area (Å²) in [5.74, 6) is -1.39. The Labute approximate surface area is 231 Å². The van der Waals surface area contributed by atoms with Gasteiger partial charge in [-0.05, 0) is 61.7 Å². The molecule has 3 aromatic rings. The fourth-order valence-corrected chi connectivity index (χ4v) is 4.81. The number of carbonyl (C=O) groups is 2. The van der Waals surface area contributed by atoms with E-state index in [0.717, 1.165) is 5.56 Å². The number of carbonyl (C=O) groups excluding carboxylic acids is 2. The van der Waals surface area contributed by atoms with Crippen LogP contribution in [-0.4, -0.2) is 48.6 Å². The van der Waals surface area contributed by atoms with Crippen LogP contribution in [0.25, 0.3) is 5.76 Å². The van der Waals surface area contributed by atoms with Gasteiger partial charge in [0.25, 0.3) is 11.7 Å². The summed E-state index contributed by atoms with van der Waals surface area (Å²) >= 11 is 6.24. The van der Waals surface area contributed by atoms with Crippen molar-refractivity contribution in [3.63, 3.8) is 0 Å². The normalized spacial score (nSPS) is 16.6. The van der Waals surface area contributed by atoms with Crippen molar-refractivity contribution in [2.75, 3.05) is 20.8 Å². The first-order chi connectivity index (χ1) is 18.6. The number of hydrogen-bond acceptors (Lipinski definition) is 6. The number of benzene rings is 3. The number of ketones is 1. The molecule has 1 aliphatic rings. The molecule has 1 amide bonds. The van der Waals surface area contributed by atoms with Crippen LogP contribution in [0.3, 0.4) is 0 Å². The predicted molar refractivity (Wildman–Crippen MR) is 146 cm³/mol. The number of aliphatic hydroxyl groups excluding tert-OH is 1. The van der Waals surface area contributed by atoms with Gasteiger partial charge in [-0.1, -0.05) is 35.9 Å². The number of ether oxygens (including phenoxy) is 3. The molecule has 1 heterocycles. The lowest BCUT2D eigenvalue weighted by Crippen LogP contribution is -2.31. The highest BCUT2D eigenvalue weighted by Gasteiger charge is 2.46. The Bertz CT molecular complexity index is 1420. The lowest BCUT2D eigenvalue weighted by molar-refractivity contribution is -0.139. The van der Waals surface area contributed by atoms with Crippen LogP contribution < -0.4 is 14.2 Å². The summed E-state index contributed by atoms with van der Waals surface area (Å²) in [6.07, 6.45) is 0.264. The first-order valence-corrected chi connectivity index (χ1v) is 12.7. The second-order valence-electron chi connectivity index (χ2n) is 9.30. The molecular weight excluding hydrogens is 525 g/mol. The molecule has 1 aliphatic heterocycles. The van der Waals surface area contributed by atoms with E-state index in [2.05, 4.69) is 0 Å². The second-order valence-corrected chi connectivity index (χ2v) is 9.70. The summed E-state index contributed by atoms with van der Waals surface area (Å²) in [6, 6.07) is 15.0. The zero-order valence-electron chi connectivity index (χ0n) is 22.0. The second kappa shape index (κ2) is 11.8. The largest absolute Gasteiger partial charge is 0.507 e. The molecule has 0 aromatic heterocycles. The Kier molecular flexibility index (Phi) is 8.45. The van der Waals surface area contributed by atoms with Gasteiger partial charge < -0.3 is 24.2 Å². The third-order valence-electron chi connectivity index (χ3n) is 6.37. The fourth-order valence-electron chi connectivity index (χ4n) is 4.58. The highest BCUT2D eigenvalue weighted by molar-refractivity contribution is 6.46. The van der Waals surface area contributed by atoms with E-state index in [9.17, 15) is 19.1 Å². The Morgan fingerprint density at radius 3 is 2.36 bits per heavy atom. The molecule has 1 fully saturated rings. The number of rotatable bonds is 9. The summed E-state index contributed by atoms with van der Waals surface area (Å²) < 4.78 is 30.0. The van der Waals surface area contributed by atoms with Gasteiger partial charge in [-0.2, -0.15) is 0 Å². The first kappa shape index (κ1) is 28.0. The Balaban J connectivity index is 1.86. The summed E-state index contributed by atoms with van der Waals surface area (Å²) in [7, 11) is 2.83. The number of aliphatic hydroxyl groups is 1. The number of methoxy groups -OCH3 is 2. The number of hydrogen-bond donors (Lipinski definition) is 1. The molecule has 1 atom stereocenters. The van der Waals surface area contributed by atoms with Gasteiger partial charge in [0.05, 0.1) is 42.5 Å². The summed E-state index contributed by atoms with van der Waals surface area (Å²) in [5, 5.41) is 11.8. The van der Waals surface area contributed by atoms with Crippen LogP contribution in [0.1, 0.15) is 36.6 Å². The third kappa shape index (κ3) is 5.86. The van der Waals surface area contributed by atoms with Crippen molar-refractivity contribution in [3.8, 4) is 17.2 Å². The summed E-state index contributed by atoms with van der Waals surface area (Å²) in [6.45, 7) is 3.93. The van der Waals surface area contributed by atoms with E-state index in [4.69, 9.17) is 25.8 Å². The van der Waals surface area contributed by atoms with E-state index in [1.165, 1.54) is 43.4 Å². The SMILES string of the molecule is COc1cc(/C(O)=C2\C(=O)C(=O)N(CCc3ccc(F)cc3)C2c2cccc(OC(C)C)c2)c(OC)cc1Cl. The lowest BCUT2D eigenvalue weighted by Gasteiger charge is -2.26. The minimum absolute atomic E-state index is 0.101. The summed E-state index contributed by atoms with van der Waals surface area (Å²) in [5.41, 5.74) is 1.41. The maximum Gasteiger partial charge on any atom is 0.295 e. The maximum atomic E-state index is 13.5. The van der Waals surface area contributed by atoms with Gasteiger partial charge in [-0.25, -0.2) is 4.39 Å². The van der Waals surface area contributed by atoms with Crippen LogP contribution >= 0.6 is 11.6 Å². The molecule has 0 spiro atoms. The van der Waals surface area contributed by atoms with Gasteiger partial charge in [-0.15, -0.1) is 0 Å². The van der Waals surface area contributed by atoms with E-state index in [-0.39, 0.29) is 46.1 Å². The van der Waals surface area contributed by atoms with Gasteiger partial charge in [0.2, 0.25) is 0 Å². The zero-order valence-corrected chi connectivity index (χ0v) is 22.8. The van der Waals surface area contributed by atoms with E-state index < -0.39 is 23.5 Å². The Hall–Kier alpha value is -4.04. The fraction of sp³-hybridized carbons (Fsp3) is 0.267. The van der Waals surface area contributed by atoms with Gasteiger partial charge in [0.1, 0.15) is 28.8 Å². The zero-order chi connectivity index (χ0) is 28.3. The molecule has 0 saturated carbocycles. The molecule has 1 unspecified atom stereocenters. The van der Waals surface area contributed by atoms with E-state index in [0.29, 0.717) is 17.7 Å². The minimum atomic E-state index is -0.924. The van der Waals surface area contributed by atoms with Crippen molar-refractivity contribution in [2.45, 2.75) is 32.4 Å². The molecule has 9 heteroatoms. The third-order valence-corrected chi connectivity index (χ3v) is 6.66. The number of likely N-dealkylation sites (tertiary alicyclic amines) is 1. The van der Waals surface area contributed by atoms with Crippen LogP contribution in [0, 0.1) is 5.82 Å². The van der Waals surface area contributed by atoms with Crippen molar-refractivity contribution in [1.82, 2.24) is 4.90 Å². The molecule has 7 nitrogen and oxygen atoms in total. The topological polar surface area (TPSA) is 85.3 Å². The molecule has 39 heavy (non-hydrogen) atoms. The highest BCUT2D eigenvalue weighted by Crippen LogP contribution is 2.43. The molecule has 3 aromatic carbocycles. The molecule has 1 saturated heterocycles. The molecule has 0 aliphatic carbocycles. The van der Waals surface area contributed by atoms with Crippen molar-refractivity contribution in [3.05, 3.63) is 93.8 Å². The molecule has 0 radical (unpaired) electrons. The van der Waals surface area contributed by atoms with Gasteiger partial charge in [0.15, 0.2) is 0 Å². The van der Waals surface area contributed by atoms with Crippen LogP contribution in [-0.2, 0) is 16.0 Å². The Morgan fingerprint density at radius 2 is 1.72 bits per heavy atom. The molecule has 0 bridgehead atoms. The van der Waals surface area contributed by atoms with Crippen LogP contribution in [0.15, 0.2) is 66.2 Å². The number of Topliss-reactive ketones (excluding diaryl/α,β-unsaturated/α-hetero) is 1. The Morgan fingerprint density at radius 1 is 1.03 bits per heavy atom. The van der Waals surface area contributed by atoms with Gasteiger partial charge in [-0.3, -0.25) is 9.59 Å². The summed E-state index contributed by atoms with van der Waals surface area (Å²) in [4.78, 5) is 28.2. The van der Waals surface area contributed by atoms with Crippen molar-refractivity contribution in [2.24, 2.45) is 0 Å². The van der Waals surface area contributed by atoms with Crippen LogP contribution in [0.4, 0.5) is 4.39 Å². The molecule has 204 valence electrons. The highest BCUT2D eigenvalue weighted by atomic mass is 35.5. The average Bonchev–Trinajstić information content (AvgIpc) is 3.17. The van der Waals surface area contributed by atoms with Crippen molar-refractivity contribution < 1.29 is 33.3 Å². The molecule has 1 N–H and O–H groups in total. The van der Waals surface area contributed by atoms with Gasteiger partial charge >= 0.3 is 0 Å². The average molecular weight is 554 g/mol. The molecule has 4 rings (SSSR count). The van der Waals surface area contributed by atoms with Crippen LogP contribution in [0.2, 0.25) is 5.02 Å². The monoisotopic (exact) mass is 553 g/mol. The first-order valence-electron chi connectivity index (χ1n) is 12.4. The van der Waals surface area contributed by atoms with E-state index in [1.807, 2.05) is 13.8 Å². The van der Waals surface area contributed by atoms with E-state index >= 15 is 0 Å². The number of amides is 1. The standard InChI is InChI=1S/C30H29ClFNO6/c1-17(2)39-21-7-5-6-19(14-21)27-26(28(34)22-15-25(38-4)23(31)16-24(22)37-3)29(35)30(36)33(27)13-12-18-8-10-20(32)11-9-18/h5-11,14-17,27,34H,12-13H2,1-4H3/b28-26+. The maximum absolute atomic E-state index is 13.5. The number of nitrogens with zero attached hydrogens (tertiary/aromatic N) is 1. The predicted octanol–water partition coefficient (Wildman–Crippen LogP) is 5.95. The van der Waals surface area contributed by atoms with Crippen molar-refractivity contribution >= 4 is 29.1 Å².